The standard InChI is InChI=1S/C21H26FNO2/c22-16-3-1-2-15(9-16)21(10-20(25)23-11-17(24)12-23)5-4-14-6-13-7-18(14)19(21)8-13/h1-3,9,13-14,17-19,24H,4-8,10-12H2. The van der Waals surface area contributed by atoms with Crippen molar-refractivity contribution in [3.63, 3.8) is 0 Å². The van der Waals surface area contributed by atoms with Gasteiger partial charge in [0.15, 0.2) is 0 Å². The SMILES string of the molecule is O=C(CC1(c2cccc(F)c2)CCC2CC3CC2C1C3)N1CC(O)C1. The van der Waals surface area contributed by atoms with E-state index in [2.05, 4.69) is 0 Å². The lowest BCUT2D eigenvalue weighted by molar-refractivity contribution is -0.144. The molecule has 1 aromatic carbocycles. The van der Waals surface area contributed by atoms with Crippen molar-refractivity contribution < 1.29 is 14.3 Å². The third kappa shape index (κ3) is 2.37. The first kappa shape index (κ1) is 15.8. The first-order valence-corrected chi connectivity index (χ1v) is 9.77. The number of fused-ring (bicyclic) bond motifs is 1. The molecule has 4 fully saturated rings. The fourth-order valence-corrected chi connectivity index (χ4v) is 6.61. The van der Waals surface area contributed by atoms with E-state index in [0.717, 1.165) is 29.7 Å². The zero-order valence-corrected chi connectivity index (χ0v) is 14.5. The second-order valence-electron chi connectivity index (χ2n) is 8.94. The number of likely N-dealkylation sites (tertiary alicyclic amines) is 1. The smallest absolute Gasteiger partial charge is 0.223 e. The van der Waals surface area contributed by atoms with Gasteiger partial charge in [-0.2, -0.15) is 0 Å². The van der Waals surface area contributed by atoms with Crippen molar-refractivity contribution in [2.75, 3.05) is 13.1 Å². The number of halogens is 1. The number of carbonyl (C=O) groups is 1. The molecule has 4 heteroatoms. The average molecular weight is 343 g/mol. The molecule has 3 aliphatic carbocycles. The topological polar surface area (TPSA) is 40.5 Å². The number of carbonyl (C=O) groups excluding carboxylic acids is 1. The molecule has 5 atom stereocenters. The van der Waals surface area contributed by atoms with E-state index in [-0.39, 0.29) is 23.2 Å². The Morgan fingerprint density at radius 3 is 2.84 bits per heavy atom. The molecule has 4 aliphatic rings. The van der Waals surface area contributed by atoms with Gasteiger partial charge in [0.05, 0.1) is 6.10 Å². The van der Waals surface area contributed by atoms with Gasteiger partial charge in [-0.05, 0) is 73.5 Å². The summed E-state index contributed by atoms with van der Waals surface area (Å²) in [6, 6.07) is 7.00. The molecule has 1 amide bonds. The number of β-amino-alcohol motifs (C(OH)–C–C–N with tert-alkyl or cyclic N) is 1. The van der Waals surface area contributed by atoms with Crippen molar-refractivity contribution >= 4 is 5.91 Å². The van der Waals surface area contributed by atoms with Crippen LogP contribution < -0.4 is 0 Å². The molecule has 5 rings (SSSR count). The molecule has 0 spiro atoms. The second-order valence-corrected chi connectivity index (χ2v) is 8.94. The van der Waals surface area contributed by atoms with Gasteiger partial charge in [0.2, 0.25) is 5.91 Å². The van der Waals surface area contributed by atoms with Crippen molar-refractivity contribution in [1.29, 1.82) is 0 Å². The molecule has 0 radical (unpaired) electrons. The Bertz CT molecular complexity index is 701. The fourth-order valence-electron chi connectivity index (χ4n) is 6.61. The molecule has 1 aromatic rings. The molecule has 0 aromatic heterocycles. The van der Waals surface area contributed by atoms with Crippen LogP contribution in [-0.2, 0) is 10.2 Å². The lowest BCUT2D eigenvalue weighted by Crippen LogP contribution is -2.56. The molecule has 5 unspecified atom stereocenters. The molecule has 1 heterocycles. The van der Waals surface area contributed by atoms with E-state index in [1.165, 1.54) is 31.7 Å². The molecular formula is C21H26FNO2. The van der Waals surface area contributed by atoms with E-state index in [1.807, 2.05) is 6.07 Å². The Hall–Kier alpha value is -1.42. The van der Waals surface area contributed by atoms with E-state index in [1.54, 1.807) is 17.0 Å². The van der Waals surface area contributed by atoms with Gasteiger partial charge in [-0.1, -0.05) is 12.1 Å². The predicted octanol–water partition coefficient (Wildman–Crippen LogP) is 3.11. The highest BCUT2D eigenvalue weighted by Gasteiger charge is 2.58. The van der Waals surface area contributed by atoms with Gasteiger partial charge >= 0.3 is 0 Å². The van der Waals surface area contributed by atoms with Crippen LogP contribution in [0.4, 0.5) is 4.39 Å². The summed E-state index contributed by atoms with van der Waals surface area (Å²) in [7, 11) is 0. The van der Waals surface area contributed by atoms with Gasteiger partial charge in [-0.15, -0.1) is 0 Å². The average Bonchev–Trinajstić information content (AvgIpc) is 3.16. The van der Waals surface area contributed by atoms with Crippen LogP contribution in [0.2, 0.25) is 0 Å². The first-order valence-electron chi connectivity index (χ1n) is 9.77. The van der Waals surface area contributed by atoms with Crippen LogP contribution in [0.3, 0.4) is 0 Å². The van der Waals surface area contributed by atoms with E-state index in [9.17, 15) is 14.3 Å². The van der Waals surface area contributed by atoms with Crippen molar-refractivity contribution in [2.24, 2.45) is 23.7 Å². The maximum Gasteiger partial charge on any atom is 0.223 e. The van der Waals surface area contributed by atoms with Crippen molar-refractivity contribution in [3.05, 3.63) is 35.6 Å². The van der Waals surface area contributed by atoms with E-state index < -0.39 is 0 Å². The van der Waals surface area contributed by atoms with Gasteiger partial charge in [0.25, 0.3) is 0 Å². The zero-order valence-electron chi connectivity index (χ0n) is 14.5. The summed E-state index contributed by atoms with van der Waals surface area (Å²) in [5, 5.41) is 9.54. The van der Waals surface area contributed by atoms with Gasteiger partial charge < -0.3 is 10.0 Å². The van der Waals surface area contributed by atoms with Gasteiger partial charge in [0.1, 0.15) is 5.82 Å². The Balaban J connectivity index is 1.51. The number of hydrogen-bond acceptors (Lipinski definition) is 2. The minimum Gasteiger partial charge on any atom is -0.389 e. The van der Waals surface area contributed by atoms with Crippen LogP contribution in [0.15, 0.2) is 24.3 Å². The number of amides is 1. The normalized spacial score (nSPS) is 39.5. The van der Waals surface area contributed by atoms with Crippen LogP contribution >= 0.6 is 0 Å². The largest absolute Gasteiger partial charge is 0.389 e. The molecule has 25 heavy (non-hydrogen) atoms. The number of hydrogen-bond donors (Lipinski definition) is 1. The number of aliphatic hydroxyl groups is 1. The van der Waals surface area contributed by atoms with Crippen molar-refractivity contribution in [2.45, 2.75) is 50.0 Å². The summed E-state index contributed by atoms with van der Waals surface area (Å²) < 4.78 is 14.0. The summed E-state index contributed by atoms with van der Waals surface area (Å²) in [6.07, 6.45) is 6.15. The fraction of sp³-hybridized carbons (Fsp3) is 0.667. The molecule has 3 saturated carbocycles. The monoisotopic (exact) mass is 343 g/mol. The third-order valence-corrected chi connectivity index (χ3v) is 7.70. The lowest BCUT2D eigenvalue weighted by atomic mass is 9.54. The molecule has 1 N–H and O–H groups in total. The van der Waals surface area contributed by atoms with E-state index in [4.69, 9.17) is 0 Å². The molecule has 1 saturated heterocycles. The lowest BCUT2D eigenvalue weighted by Gasteiger charge is -2.51. The minimum atomic E-state index is -0.368. The van der Waals surface area contributed by atoms with Crippen LogP contribution in [0.5, 0.6) is 0 Å². The van der Waals surface area contributed by atoms with Crippen LogP contribution in [0.1, 0.15) is 44.1 Å². The van der Waals surface area contributed by atoms with Gasteiger partial charge in [0, 0.05) is 24.9 Å². The highest BCUT2D eigenvalue weighted by molar-refractivity contribution is 5.79. The number of aliphatic hydroxyl groups excluding tert-OH is 1. The Morgan fingerprint density at radius 1 is 1.28 bits per heavy atom. The van der Waals surface area contributed by atoms with E-state index in [0.29, 0.717) is 25.4 Å². The van der Waals surface area contributed by atoms with Crippen LogP contribution in [0, 0.1) is 29.5 Å². The summed E-state index contributed by atoms with van der Waals surface area (Å²) in [4.78, 5) is 14.7. The van der Waals surface area contributed by atoms with Crippen molar-refractivity contribution in [3.8, 4) is 0 Å². The maximum atomic E-state index is 14.0. The third-order valence-electron chi connectivity index (χ3n) is 7.70. The minimum absolute atomic E-state index is 0.135. The summed E-state index contributed by atoms with van der Waals surface area (Å²) >= 11 is 0. The molecule has 1 aliphatic heterocycles. The van der Waals surface area contributed by atoms with Crippen LogP contribution in [0.25, 0.3) is 0 Å². The number of benzene rings is 1. The van der Waals surface area contributed by atoms with Gasteiger partial charge in [-0.25, -0.2) is 4.39 Å². The molecular weight excluding hydrogens is 317 g/mol. The highest BCUT2D eigenvalue weighted by atomic mass is 19.1. The summed E-state index contributed by atoms with van der Waals surface area (Å²) in [6.45, 7) is 0.912. The highest BCUT2D eigenvalue weighted by Crippen LogP contribution is 2.64. The molecule has 2 bridgehead atoms. The van der Waals surface area contributed by atoms with Crippen LogP contribution in [-0.4, -0.2) is 35.1 Å². The summed E-state index contributed by atoms with van der Waals surface area (Å²) in [5.74, 6) is 2.81. The van der Waals surface area contributed by atoms with E-state index >= 15 is 0 Å². The first-order chi connectivity index (χ1) is 12.0. The quantitative estimate of drug-likeness (QED) is 0.916. The predicted molar refractivity (Wildman–Crippen MR) is 92.3 cm³/mol. The number of rotatable bonds is 3. The van der Waals surface area contributed by atoms with Crippen molar-refractivity contribution in [1.82, 2.24) is 4.90 Å². The number of nitrogens with zero attached hydrogens (tertiary/aromatic N) is 1. The summed E-state index contributed by atoms with van der Waals surface area (Å²) in [5.41, 5.74) is 0.814. The maximum absolute atomic E-state index is 14.0. The Morgan fingerprint density at radius 2 is 2.12 bits per heavy atom. The molecule has 134 valence electrons. The Labute approximate surface area is 148 Å². The zero-order chi connectivity index (χ0) is 17.2. The Kier molecular flexibility index (Phi) is 3.50. The van der Waals surface area contributed by atoms with Gasteiger partial charge in [-0.3, -0.25) is 4.79 Å². The second kappa shape index (κ2) is 5.54. The molecule has 3 nitrogen and oxygen atoms in total.